The number of rotatable bonds is 14. The number of hydrogen-bond donors (Lipinski definition) is 3. The van der Waals surface area contributed by atoms with Gasteiger partial charge in [-0.05, 0) is 50.8 Å². The fourth-order valence-corrected chi connectivity index (χ4v) is 6.15. The highest BCUT2D eigenvalue weighted by Crippen LogP contribution is 2.48. The summed E-state index contributed by atoms with van der Waals surface area (Å²) in [4.78, 5) is 25.3. The van der Waals surface area contributed by atoms with Gasteiger partial charge in [0.1, 0.15) is 11.4 Å². The molecule has 252 valence electrons. The van der Waals surface area contributed by atoms with Crippen LogP contribution in [-0.4, -0.2) is 35.5 Å². The molecule has 11 nitrogen and oxygen atoms in total. The van der Waals surface area contributed by atoms with Crippen molar-refractivity contribution in [1.29, 1.82) is 0 Å². The third kappa shape index (κ3) is 9.18. The van der Waals surface area contributed by atoms with Crippen molar-refractivity contribution in [2.45, 2.75) is 58.5 Å². The molecule has 2 heterocycles. The van der Waals surface area contributed by atoms with Gasteiger partial charge in [0.05, 0.1) is 37.0 Å². The molecule has 1 unspecified atom stereocenters. The second kappa shape index (κ2) is 16.7. The van der Waals surface area contributed by atoms with Crippen LogP contribution in [0.4, 0.5) is 20.6 Å². The molecule has 0 radical (unpaired) electrons. The highest BCUT2D eigenvalue weighted by molar-refractivity contribution is 7.41. The molecule has 0 aliphatic carbocycles. The summed E-state index contributed by atoms with van der Waals surface area (Å²) in [6.45, 7) is 6.98. The lowest BCUT2D eigenvalue weighted by Crippen LogP contribution is -2.34. The number of aliphatic imine (C=N–C) groups is 1. The van der Waals surface area contributed by atoms with E-state index in [9.17, 15) is 4.79 Å². The summed E-state index contributed by atoms with van der Waals surface area (Å²) in [5, 5.41) is 5.10. The number of carbonyl (C=O) groups excluding carboxylic acids is 1. The van der Waals surface area contributed by atoms with Gasteiger partial charge >= 0.3 is 14.6 Å². The van der Waals surface area contributed by atoms with Crippen LogP contribution >= 0.6 is 8.60 Å². The molecule has 2 amide bonds. The summed E-state index contributed by atoms with van der Waals surface area (Å²) >= 11 is 0. The second-order valence-corrected chi connectivity index (χ2v) is 12.6. The average molecular weight is 675 g/mol. The van der Waals surface area contributed by atoms with Crippen LogP contribution in [0.1, 0.15) is 62.2 Å². The minimum Gasteiger partial charge on any atom is -0.397 e. The van der Waals surface area contributed by atoms with E-state index in [1.807, 2.05) is 74.5 Å². The van der Waals surface area contributed by atoms with E-state index in [2.05, 4.69) is 25.6 Å². The molecule has 3 aromatic carbocycles. The minimum absolute atomic E-state index is 0.200. The number of ether oxygens (including phenoxy) is 1. The van der Waals surface area contributed by atoms with Crippen LogP contribution in [0, 0.1) is 5.82 Å². The first-order valence-electron chi connectivity index (χ1n) is 15.7. The average Bonchev–Trinajstić information content (AvgIpc) is 3.63. The van der Waals surface area contributed by atoms with Gasteiger partial charge in [0.25, 0.3) is 0 Å². The number of carbonyl (C=O) groups is 1. The molecule has 0 saturated carbocycles. The van der Waals surface area contributed by atoms with Gasteiger partial charge in [0.15, 0.2) is 5.82 Å². The molecule has 4 N–H and O–H groups in total. The molecule has 1 saturated heterocycles. The van der Waals surface area contributed by atoms with Gasteiger partial charge in [-0.2, -0.15) is 0 Å². The Bertz CT molecular complexity index is 1630. The lowest BCUT2D eigenvalue weighted by atomic mass is 9.96. The van der Waals surface area contributed by atoms with Crippen molar-refractivity contribution in [2.75, 3.05) is 18.9 Å². The minimum atomic E-state index is -1.82. The number of benzene rings is 3. The molecule has 0 bridgehead atoms. The van der Waals surface area contributed by atoms with E-state index in [1.54, 1.807) is 6.92 Å². The number of nitrogen functional groups attached to an aromatic ring is 1. The normalized spacial score (nSPS) is 14.9. The molecule has 1 aliphatic rings. The van der Waals surface area contributed by atoms with Gasteiger partial charge in [0.2, 0.25) is 0 Å². The van der Waals surface area contributed by atoms with Crippen molar-refractivity contribution in [1.82, 2.24) is 20.6 Å². The second-order valence-electron chi connectivity index (χ2n) is 11.5. The fourth-order valence-electron chi connectivity index (χ4n) is 5.01. The van der Waals surface area contributed by atoms with Crippen molar-refractivity contribution in [3.63, 3.8) is 0 Å². The summed E-state index contributed by atoms with van der Waals surface area (Å²) in [5.41, 5.74) is 8.62. The van der Waals surface area contributed by atoms with Crippen LogP contribution in [0.2, 0.25) is 0 Å². The Morgan fingerprint density at radius 2 is 1.71 bits per heavy atom. The van der Waals surface area contributed by atoms with Crippen LogP contribution in [-0.2, 0) is 37.1 Å². The molecule has 1 fully saturated rings. The predicted octanol–water partition coefficient (Wildman–Crippen LogP) is 7.61. The third-order valence-electron chi connectivity index (χ3n) is 7.44. The van der Waals surface area contributed by atoms with Crippen LogP contribution in [0.15, 0.2) is 84.1 Å². The van der Waals surface area contributed by atoms with Gasteiger partial charge in [0, 0.05) is 42.2 Å². The Labute approximate surface area is 281 Å². The zero-order valence-corrected chi connectivity index (χ0v) is 28.1. The molecule has 48 heavy (non-hydrogen) atoms. The first-order chi connectivity index (χ1) is 23.2. The number of halogens is 1. The largest absolute Gasteiger partial charge is 0.397 e. The standard InChI is InChI=1S/C35H40FN6O5P/c1-4-38-34(43)42-23-41-32-28(37)18-27(31(36)30(32)29-16-11-17-44-29)26-19-39-33(40-20-26)35(2,3)47-48(45-21-24-12-7-5-8-13-24)46-22-25-14-9-6-10-15-25/h5-10,12-15,18-20,23,29H,4,11,16-17,21-22,37H2,1-3H3,(H2,38,41,42,43). The number of aromatic nitrogens is 2. The monoisotopic (exact) mass is 674 g/mol. The van der Waals surface area contributed by atoms with E-state index < -0.39 is 32.2 Å². The summed E-state index contributed by atoms with van der Waals surface area (Å²) in [7, 11) is -1.82. The van der Waals surface area contributed by atoms with Crippen molar-refractivity contribution in [2.24, 2.45) is 4.99 Å². The smallest absolute Gasteiger partial charge is 0.334 e. The Kier molecular flexibility index (Phi) is 12.2. The molecule has 1 atom stereocenters. The molecular formula is C35H40FN6O5P. The van der Waals surface area contributed by atoms with Crippen LogP contribution in [0.3, 0.4) is 0 Å². The molecular weight excluding hydrogens is 634 g/mol. The summed E-state index contributed by atoms with van der Waals surface area (Å²) < 4.78 is 40.7. The molecule has 4 aromatic rings. The van der Waals surface area contributed by atoms with Crippen LogP contribution in [0.25, 0.3) is 11.1 Å². The van der Waals surface area contributed by atoms with E-state index in [4.69, 9.17) is 24.0 Å². The van der Waals surface area contributed by atoms with E-state index in [1.165, 1.54) is 24.8 Å². The van der Waals surface area contributed by atoms with E-state index in [0.29, 0.717) is 44.2 Å². The van der Waals surface area contributed by atoms with E-state index >= 15 is 4.39 Å². The Hall–Kier alpha value is -4.32. The van der Waals surface area contributed by atoms with Crippen LogP contribution < -0.4 is 16.4 Å². The highest BCUT2D eigenvalue weighted by atomic mass is 31.2. The first-order valence-corrected chi connectivity index (χ1v) is 16.8. The topological polar surface area (TPSA) is 142 Å². The Morgan fingerprint density at radius 1 is 1.08 bits per heavy atom. The summed E-state index contributed by atoms with van der Waals surface area (Å²) in [6, 6.07) is 20.6. The van der Waals surface area contributed by atoms with Gasteiger partial charge < -0.3 is 24.8 Å². The maximum absolute atomic E-state index is 16.3. The number of nitrogens with zero attached hydrogens (tertiary/aromatic N) is 3. The maximum Gasteiger partial charge on any atom is 0.334 e. The summed E-state index contributed by atoms with van der Waals surface area (Å²) in [6.07, 6.45) is 5.09. The molecule has 1 aliphatic heterocycles. The molecule has 1 aromatic heterocycles. The number of hydrogen-bond acceptors (Lipinski definition) is 9. The van der Waals surface area contributed by atoms with Gasteiger partial charge in [-0.15, -0.1) is 0 Å². The van der Waals surface area contributed by atoms with Crippen molar-refractivity contribution >= 4 is 32.3 Å². The predicted molar refractivity (Wildman–Crippen MR) is 184 cm³/mol. The lowest BCUT2D eigenvalue weighted by Gasteiger charge is -2.28. The number of anilines is 1. The summed E-state index contributed by atoms with van der Waals surface area (Å²) in [5.74, 6) is -0.184. The maximum atomic E-state index is 16.3. The van der Waals surface area contributed by atoms with Crippen molar-refractivity contribution < 1.29 is 27.5 Å². The lowest BCUT2D eigenvalue weighted by molar-refractivity contribution is 0.0480. The number of urea groups is 1. The first kappa shape index (κ1) is 35.0. The fraction of sp³-hybridized carbons (Fsp3) is 0.314. The molecule has 13 heteroatoms. The van der Waals surface area contributed by atoms with E-state index in [0.717, 1.165) is 17.5 Å². The Morgan fingerprint density at radius 3 is 2.27 bits per heavy atom. The SMILES string of the molecule is CCNC(=O)NC=Nc1c(N)cc(-c2cnc(C(C)(C)OP(OCc3ccccc3)OCc3ccccc3)nc2)c(F)c1C1CCCO1. The van der Waals surface area contributed by atoms with Gasteiger partial charge in [-0.25, -0.2) is 24.1 Å². The Balaban J connectivity index is 1.36. The van der Waals surface area contributed by atoms with Gasteiger partial charge in [-0.3, -0.25) is 9.84 Å². The number of amides is 2. The number of nitrogens with two attached hydrogens (primary N) is 1. The highest BCUT2D eigenvalue weighted by Gasteiger charge is 2.32. The van der Waals surface area contributed by atoms with Crippen molar-refractivity contribution in [3.8, 4) is 11.1 Å². The molecule has 5 rings (SSSR count). The van der Waals surface area contributed by atoms with Crippen molar-refractivity contribution in [3.05, 3.63) is 107 Å². The number of nitrogens with one attached hydrogen (secondary N) is 2. The zero-order chi connectivity index (χ0) is 33.9. The molecule has 0 spiro atoms. The van der Waals surface area contributed by atoms with Crippen LogP contribution in [0.5, 0.6) is 0 Å². The van der Waals surface area contributed by atoms with Gasteiger partial charge in [-0.1, -0.05) is 60.7 Å². The zero-order valence-electron chi connectivity index (χ0n) is 27.2. The quantitative estimate of drug-likeness (QED) is 0.0537. The van der Waals surface area contributed by atoms with E-state index in [-0.39, 0.29) is 22.5 Å². The third-order valence-corrected chi connectivity index (χ3v) is 8.73.